The lowest BCUT2D eigenvalue weighted by Crippen LogP contribution is -2.38. The fraction of sp³-hybridized carbons (Fsp3) is 0.333. The molecule has 0 spiro atoms. The van der Waals surface area contributed by atoms with Crippen molar-refractivity contribution in [1.29, 1.82) is 0 Å². The molecular formula is C18H21BrN2O5. The molecule has 0 aliphatic heterocycles. The second-order valence-corrected chi connectivity index (χ2v) is 6.42. The van der Waals surface area contributed by atoms with Crippen molar-refractivity contribution in [3.05, 3.63) is 45.8 Å². The largest absolute Gasteiger partial charge is 0.493 e. The molecular weight excluding hydrogens is 404 g/mol. The number of benzene rings is 1. The van der Waals surface area contributed by atoms with E-state index in [2.05, 4.69) is 26.6 Å². The Morgan fingerprint density at radius 3 is 2.42 bits per heavy atom. The number of hydrogen-bond donors (Lipinski definition) is 2. The Morgan fingerprint density at radius 2 is 1.85 bits per heavy atom. The van der Waals surface area contributed by atoms with Crippen molar-refractivity contribution in [3.8, 4) is 11.5 Å². The number of carbonyl (C=O) groups excluding carboxylic acids is 2. The van der Waals surface area contributed by atoms with Gasteiger partial charge in [0.1, 0.15) is 0 Å². The Kier molecular flexibility index (Phi) is 6.68. The van der Waals surface area contributed by atoms with E-state index >= 15 is 0 Å². The number of furan rings is 1. The van der Waals surface area contributed by atoms with Crippen LogP contribution in [0.1, 0.15) is 34.6 Å². The molecule has 26 heavy (non-hydrogen) atoms. The highest BCUT2D eigenvalue weighted by Crippen LogP contribution is 2.32. The minimum atomic E-state index is -0.458. The normalized spacial score (nSPS) is 11.6. The molecule has 1 unspecified atom stereocenters. The Hall–Kier alpha value is -2.48. The van der Waals surface area contributed by atoms with Gasteiger partial charge in [-0.3, -0.25) is 9.59 Å². The van der Waals surface area contributed by atoms with Crippen molar-refractivity contribution in [2.75, 3.05) is 20.8 Å². The molecule has 1 heterocycles. The van der Waals surface area contributed by atoms with E-state index in [0.717, 1.165) is 11.1 Å². The van der Waals surface area contributed by atoms with Gasteiger partial charge < -0.3 is 24.5 Å². The van der Waals surface area contributed by atoms with Crippen LogP contribution < -0.4 is 20.1 Å². The van der Waals surface area contributed by atoms with Gasteiger partial charge in [-0.2, -0.15) is 0 Å². The van der Waals surface area contributed by atoms with Crippen molar-refractivity contribution < 1.29 is 23.5 Å². The first-order valence-corrected chi connectivity index (χ1v) is 8.70. The summed E-state index contributed by atoms with van der Waals surface area (Å²) in [4.78, 5) is 24.0. The molecule has 1 atom stereocenters. The van der Waals surface area contributed by atoms with Crippen molar-refractivity contribution >= 4 is 27.7 Å². The van der Waals surface area contributed by atoms with Crippen LogP contribution >= 0.6 is 15.9 Å². The van der Waals surface area contributed by atoms with Crippen LogP contribution in [-0.4, -0.2) is 32.6 Å². The summed E-state index contributed by atoms with van der Waals surface area (Å²) in [7, 11) is 3.13. The van der Waals surface area contributed by atoms with Gasteiger partial charge in [0.15, 0.2) is 21.9 Å². The van der Waals surface area contributed by atoms with Crippen LogP contribution in [0, 0.1) is 6.92 Å². The number of methoxy groups -OCH3 is 2. The molecule has 0 saturated carbocycles. The summed E-state index contributed by atoms with van der Waals surface area (Å²) in [6.45, 7) is 3.63. The van der Waals surface area contributed by atoms with Gasteiger partial charge in [0.25, 0.3) is 5.91 Å². The summed E-state index contributed by atoms with van der Waals surface area (Å²) in [5.41, 5.74) is 1.86. The molecule has 140 valence electrons. The van der Waals surface area contributed by atoms with Crippen LogP contribution in [0.4, 0.5) is 0 Å². The van der Waals surface area contributed by atoms with E-state index in [1.54, 1.807) is 20.3 Å². The van der Waals surface area contributed by atoms with Gasteiger partial charge in [0, 0.05) is 0 Å². The number of halogens is 1. The van der Waals surface area contributed by atoms with Crippen LogP contribution in [0.3, 0.4) is 0 Å². The zero-order valence-electron chi connectivity index (χ0n) is 15.0. The van der Waals surface area contributed by atoms with Crippen LogP contribution in [-0.2, 0) is 4.79 Å². The summed E-state index contributed by atoms with van der Waals surface area (Å²) in [6.07, 6.45) is 0. The second kappa shape index (κ2) is 8.75. The molecule has 7 nitrogen and oxygen atoms in total. The van der Waals surface area contributed by atoms with Crippen LogP contribution in [0.25, 0.3) is 0 Å². The molecule has 2 rings (SSSR count). The Bertz CT molecular complexity index is 803. The molecule has 2 aromatic rings. The molecule has 0 radical (unpaired) electrons. The summed E-state index contributed by atoms with van der Waals surface area (Å²) >= 11 is 3.12. The lowest BCUT2D eigenvalue weighted by atomic mass is 10.0. The van der Waals surface area contributed by atoms with E-state index in [9.17, 15) is 9.59 Å². The molecule has 0 fully saturated rings. The predicted octanol–water partition coefficient (Wildman–Crippen LogP) is 2.97. The highest BCUT2D eigenvalue weighted by Gasteiger charge is 2.17. The molecule has 8 heteroatoms. The fourth-order valence-electron chi connectivity index (χ4n) is 2.52. The van der Waals surface area contributed by atoms with E-state index < -0.39 is 5.91 Å². The van der Waals surface area contributed by atoms with E-state index in [4.69, 9.17) is 13.9 Å². The third-order valence-corrected chi connectivity index (χ3v) is 4.25. The third kappa shape index (κ3) is 4.78. The number of amides is 2. The van der Waals surface area contributed by atoms with Crippen molar-refractivity contribution in [2.45, 2.75) is 19.9 Å². The number of ether oxygens (including phenoxy) is 2. The number of rotatable bonds is 7. The monoisotopic (exact) mass is 424 g/mol. The number of hydrogen-bond acceptors (Lipinski definition) is 5. The summed E-state index contributed by atoms with van der Waals surface area (Å²) in [5.74, 6) is 0.579. The van der Waals surface area contributed by atoms with E-state index in [1.807, 2.05) is 26.0 Å². The van der Waals surface area contributed by atoms with Crippen LogP contribution in [0.15, 0.2) is 33.4 Å². The average Bonchev–Trinajstić information content (AvgIpc) is 3.05. The lowest BCUT2D eigenvalue weighted by molar-refractivity contribution is -0.120. The van der Waals surface area contributed by atoms with Gasteiger partial charge in [0.05, 0.1) is 26.8 Å². The van der Waals surface area contributed by atoms with Gasteiger partial charge in [-0.1, -0.05) is 0 Å². The topological polar surface area (TPSA) is 89.8 Å². The Labute approximate surface area is 160 Å². The quantitative estimate of drug-likeness (QED) is 0.712. The number of carbonyl (C=O) groups is 2. The molecule has 2 N–H and O–H groups in total. The minimum absolute atomic E-state index is 0.133. The first-order chi connectivity index (χ1) is 12.3. The maximum Gasteiger partial charge on any atom is 0.287 e. The van der Waals surface area contributed by atoms with E-state index in [0.29, 0.717) is 16.2 Å². The van der Waals surface area contributed by atoms with Crippen molar-refractivity contribution in [1.82, 2.24) is 10.6 Å². The summed E-state index contributed by atoms with van der Waals surface area (Å²) in [5, 5.41) is 5.36. The number of nitrogens with one attached hydrogen (secondary N) is 2. The average molecular weight is 425 g/mol. The number of aryl methyl sites for hydroxylation is 1. The first kappa shape index (κ1) is 19.8. The summed E-state index contributed by atoms with van der Waals surface area (Å²) < 4.78 is 16.2. The zero-order valence-corrected chi connectivity index (χ0v) is 16.6. The van der Waals surface area contributed by atoms with Crippen LogP contribution in [0.2, 0.25) is 0 Å². The zero-order chi connectivity index (χ0) is 19.3. The Balaban J connectivity index is 1.97. The minimum Gasteiger partial charge on any atom is -0.493 e. The molecule has 0 aliphatic carbocycles. The van der Waals surface area contributed by atoms with Gasteiger partial charge in [-0.15, -0.1) is 0 Å². The molecule has 0 saturated heterocycles. The SMILES string of the molecule is COc1cc(C)c(C(C)NC(=O)CNC(=O)c2ccc(Br)o2)cc1OC. The third-order valence-electron chi connectivity index (χ3n) is 3.82. The molecule has 1 aromatic carbocycles. The smallest absolute Gasteiger partial charge is 0.287 e. The van der Waals surface area contributed by atoms with Gasteiger partial charge in [-0.25, -0.2) is 0 Å². The maximum atomic E-state index is 12.1. The van der Waals surface area contributed by atoms with Gasteiger partial charge in [-0.05, 0) is 65.2 Å². The van der Waals surface area contributed by atoms with Crippen molar-refractivity contribution in [3.63, 3.8) is 0 Å². The highest BCUT2D eigenvalue weighted by molar-refractivity contribution is 9.10. The predicted molar refractivity (Wildman–Crippen MR) is 99.6 cm³/mol. The van der Waals surface area contributed by atoms with Gasteiger partial charge >= 0.3 is 0 Å². The van der Waals surface area contributed by atoms with Gasteiger partial charge in [0.2, 0.25) is 5.91 Å². The summed E-state index contributed by atoms with van der Waals surface area (Å²) in [6, 6.07) is 6.55. The maximum absolute atomic E-state index is 12.1. The second-order valence-electron chi connectivity index (χ2n) is 5.64. The van der Waals surface area contributed by atoms with Crippen molar-refractivity contribution in [2.24, 2.45) is 0 Å². The van der Waals surface area contributed by atoms with E-state index in [-0.39, 0.29) is 24.3 Å². The Morgan fingerprint density at radius 1 is 1.19 bits per heavy atom. The molecule has 0 aliphatic rings. The lowest BCUT2D eigenvalue weighted by Gasteiger charge is -2.19. The fourth-order valence-corrected chi connectivity index (χ4v) is 2.82. The molecule has 1 aromatic heterocycles. The van der Waals surface area contributed by atoms with E-state index in [1.165, 1.54) is 6.07 Å². The molecule has 2 amide bonds. The van der Waals surface area contributed by atoms with Crippen LogP contribution in [0.5, 0.6) is 11.5 Å². The molecule has 0 bridgehead atoms. The standard InChI is InChI=1S/C18H21BrN2O5/c1-10-7-14(24-3)15(25-4)8-12(10)11(2)21-17(22)9-20-18(23)13-5-6-16(19)26-13/h5-8,11H,9H2,1-4H3,(H,20,23)(H,21,22). The highest BCUT2D eigenvalue weighted by atomic mass is 79.9. The first-order valence-electron chi connectivity index (χ1n) is 7.91.